The number of aryl methyl sites for hydroxylation is 1. The molecule has 1 aliphatic carbocycles. The minimum Gasteiger partial charge on any atom is -0.465 e. The van der Waals surface area contributed by atoms with Crippen LogP contribution in [-0.4, -0.2) is 55.7 Å². The maximum Gasteiger partial charge on any atom is 0.407 e. The van der Waals surface area contributed by atoms with Crippen LogP contribution in [0.4, 0.5) is 4.79 Å². The Kier molecular flexibility index (Phi) is 5.83. The molecule has 1 aromatic carbocycles. The zero-order valence-electron chi connectivity index (χ0n) is 18.7. The average molecular weight is 434 g/mol. The fourth-order valence-electron chi connectivity index (χ4n) is 5.44. The molecule has 0 saturated carbocycles. The summed E-state index contributed by atoms with van der Waals surface area (Å²) in [6, 6.07) is 12.8. The highest BCUT2D eigenvalue weighted by Gasteiger charge is 2.28. The third-order valence-corrected chi connectivity index (χ3v) is 7.05. The molecule has 1 fully saturated rings. The second-order valence-electron chi connectivity index (χ2n) is 9.24. The zero-order chi connectivity index (χ0) is 22.1. The van der Waals surface area contributed by atoms with Crippen molar-refractivity contribution in [3.8, 4) is 0 Å². The van der Waals surface area contributed by atoms with Crippen LogP contribution in [0.5, 0.6) is 0 Å². The summed E-state index contributed by atoms with van der Waals surface area (Å²) in [6.07, 6.45) is 6.45. The number of piperidine rings is 1. The smallest absolute Gasteiger partial charge is 0.407 e. The minimum absolute atomic E-state index is 0.297. The summed E-state index contributed by atoms with van der Waals surface area (Å²) in [5.41, 5.74) is 4.70. The van der Waals surface area contributed by atoms with E-state index >= 15 is 0 Å². The second-order valence-corrected chi connectivity index (χ2v) is 9.24. The number of rotatable bonds is 5. The predicted molar refractivity (Wildman–Crippen MR) is 123 cm³/mol. The maximum absolute atomic E-state index is 11.5. The summed E-state index contributed by atoms with van der Waals surface area (Å²) in [6.45, 7) is 2.77. The van der Waals surface area contributed by atoms with Crippen LogP contribution in [0.15, 0.2) is 42.6 Å². The van der Waals surface area contributed by atoms with Gasteiger partial charge in [0.15, 0.2) is 0 Å². The number of imidazole rings is 1. The lowest BCUT2D eigenvalue weighted by Gasteiger charge is -2.33. The normalized spacial score (nSPS) is 21.1. The van der Waals surface area contributed by atoms with Gasteiger partial charge in [-0.15, -0.1) is 0 Å². The van der Waals surface area contributed by atoms with Gasteiger partial charge in [0.2, 0.25) is 0 Å². The largest absolute Gasteiger partial charge is 0.465 e. The summed E-state index contributed by atoms with van der Waals surface area (Å²) in [5.74, 6) is 1.35. The lowest BCUT2D eigenvalue weighted by molar-refractivity contribution is 0.116. The number of amides is 1. The van der Waals surface area contributed by atoms with E-state index in [1.54, 1.807) is 4.90 Å². The maximum atomic E-state index is 11.5. The summed E-state index contributed by atoms with van der Waals surface area (Å²) >= 11 is 0. The number of likely N-dealkylation sites (tertiary alicyclic amines) is 1. The molecule has 1 N–H and O–H groups in total. The molecule has 1 saturated heterocycles. The molecule has 3 aromatic rings. The Balaban J connectivity index is 1.41. The van der Waals surface area contributed by atoms with Crippen molar-refractivity contribution < 1.29 is 9.90 Å². The van der Waals surface area contributed by atoms with E-state index in [2.05, 4.69) is 40.8 Å². The Hall–Kier alpha value is -2.93. The SMILES string of the molecule is CN(Cc1nc2ccccc2n1C[C@H]1CCCN(C(=O)O)C1)[C@@H]1CCCc2cccnc21. The van der Waals surface area contributed by atoms with Crippen molar-refractivity contribution in [1.82, 2.24) is 24.3 Å². The number of pyridine rings is 1. The lowest BCUT2D eigenvalue weighted by Crippen LogP contribution is -2.40. The van der Waals surface area contributed by atoms with Crippen molar-refractivity contribution >= 4 is 17.1 Å². The standard InChI is InChI=1S/C25H31N5O2/c1-28(22-12-4-8-19-9-5-13-26-24(19)22)17-23-27-20-10-2-3-11-21(20)30(23)16-18-7-6-14-29(15-18)25(31)32/h2-3,5,9-11,13,18,22H,4,6-8,12,14-17H2,1H3,(H,31,32)/t18-,22+/m0/s1. The average Bonchev–Trinajstić information content (AvgIpc) is 3.15. The zero-order valence-corrected chi connectivity index (χ0v) is 18.7. The van der Waals surface area contributed by atoms with Gasteiger partial charge in [-0.2, -0.15) is 0 Å². The first-order chi connectivity index (χ1) is 15.6. The van der Waals surface area contributed by atoms with Gasteiger partial charge >= 0.3 is 6.09 Å². The Morgan fingerprint density at radius 3 is 2.94 bits per heavy atom. The van der Waals surface area contributed by atoms with Crippen molar-refractivity contribution in [3.05, 3.63) is 59.7 Å². The van der Waals surface area contributed by atoms with Gasteiger partial charge in [-0.25, -0.2) is 9.78 Å². The van der Waals surface area contributed by atoms with E-state index in [0.717, 1.165) is 55.6 Å². The summed E-state index contributed by atoms with van der Waals surface area (Å²) in [4.78, 5) is 25.1. The van der Waals surface area contributed by atoms with Crippen molar-refractivity contribution in [1.29, 1.82) is 0 Å². The third-order valence-electron chi connectivity index (χ3n) is 7.05. The monoisotopic (exact) mass is 433 g/mol. The number of nitrogens with zero attached hydrogens (tertiary/aromatic N) is 5. The molecular formula is C25H31N5O2. The molecule has 0 unspecified atom stereocenters. The molecular weight excluding hydrogens is 402 g/mol. The van der Waals surface area contributed by atoms with Crippen LogP contribution in [-0.2, 0) is 19.5 Å². The van der Waals surface area contributed by atoms with Crippen molar-refractivity contribution in [2.24, 2.45) is 5.92 Å². The fourth-order valence-corrected chi connectivity index (χ4v) is 5.44. The predicted octanol–water partition coefficient (Wildman–Crippen LogP) is 4.33. The van der Waals surface area contributed by atoms with Crippen LogP contribution in [0.1, 0.15) is 48.8 Å². The van der Waals surface area contributed by atoms with Gasteiger partial charge in [0.25, 0.3) is 0 Å². The minimum atomic E-state index is -0.811. The van der Waals surface area contributed by atoms with Crippen molar-refractivity contribution in [2.45, 2.75) is 51.2 Å². The molecule has 32 heavy (non-hydrogen) atoms. The number of carbonyl (C=O) groups is 1. The first-order valence-corrected chi connectivity index (χ1v) is 11.7. The molecule has 2 atom stereocenters. The van der Waals surface area contributed by atoms with Gasteiger partial charge in [-0.3, -0.25) is 9.88 Å². The summed E-state index contributed by atoms with van der Waals surface area (Å²) in [5, 5.41) is 9.45. The molecule has 0 bridgehead atoms. The van der Waals surface area contributed by atoms with Gasteiger partial charge in [0.05, 0.1) is 29.3 Å². The van der Waals surface area contributed by atoms with Crippen LogP contribution in [0.3, 0.4) is 0 Å². The number of hydrogen-bond donors (Lipinski definition) is 1. The third kappa shape index (κ3) is 4.09. The van der Waals surface area contributed by atoms with Gasteiger partial charge in [0.1, 0.15) is 5.82 Å². The summed E-state index contributed by atoms with van der Waals surface area (Å²) in [7, 11) is 2.17. The van der Waals surface area contributed by atoms with Gasteiger partial charge < -0.3 is 14.6 Å². The Bertz CT molecular complexity index is 1110. The van der Waals surface area contributed by atoms with E-state index in [-0.39, 0.29) is 0 Å². The molecule has 7 heteroatoms. The highest BCUT2D eigenvalue weighted by atomic mass is 16.4. The van der Waals surface area contributed by atoms with Gasteiger partial charge in [-0.05, 0) is 68.8 Å². The Morgan fingerprint density at radius 2 is 2.06 bits per heavy atom. The number of hydrogen-bond acceptors (Lipinski definition) is 4. The second kappa shape index (κ2) is 8.90. The molecule has 0 spiro atoms. The highest BCUT2D eigenvalue weighted by molar-refractivity contribution is 5.75. The molecule has 2 aromatic heterocycles. The van der Waals surface area contributed by atoms with Crippen molar-refractivity contribution in [2.75, 3.05) is 20.1 Å². The topological polar surface area (TPSA) is 74.5 Å². The first kappa shape index (κ1) is 20.9. The van der Waals surface area contributed by atoms with Crippen molar-refractivity contribution in [3.63, 3.8) is 0 Å². The number of para-hydroxylation sites is 2. The number of fused-ring (bicyclic) bond motifs is 2. The Labute approximate surface area is 188 Å². The molecule has 1 aliphatic heterocycles. The van der Waals surface area contributed by atoms with E-state index in [9.17, 15) is 9.90 Å². The fraction of sp³-hybridized carbons (Fsp3) is 0.480. The van der Waals surface area contributed by atoms with E-state index in [4.69, 9.17) is 9.97 Å². The van der Waals surface area contributed by atoms with Crippen LogP contribution in [0, 0.1) is 5.92 Å². The van der Waals surface area contributed by atoms with Gasteiger partial charge in [0, 0.05) is 25.8 Å². The van der Waals surface area contributed by atoms with Crippen LogP contribution in [0.25, 0.3) is 11.0 Å². The van der Waals surface area contributed by atoms with Crippen LogP contribution < -0.4 is 0 Å². The lowest BCUT2D eigenvalue weighted by atomic mass is 9.91. The van der Waals surface area contributed by atoms with Gasteiger partial charge in [-0.1, -0.05) is 18.2 Å². The first-order valence-electron chi connectivity index (χ1n) is 11.7. The molecule has 2 aliphatic rings. The Morgan fingerprint density at radius 1 is 1.19 bits per heavy atom. The number of aromatic nitrogens is 3. The summed E-state index contributed by atoms with van der Waals surface area (Å²) < 4.78 is 2.32. The molecule has 168 valence electrons. The molecule has 7 nitrogen and oxygen atoms in total. The molecule has 3 heterocycles. The quantitative estimate of drug-likeness (QED) is 0.648. The van der Waals surface area contributed by atoms with E-state index in [0.29, 0.717) is 25.0 Å². The van der Waals surface area contributed by atoms with Crippen LogP contribution >= 0.6 is 0 Å². The van der Waals surface area contributed by atoms with E-state index < -0.39 is 6.09 Å². The van der Waals surface area contributed by atoms with E-state index in [1.807, 2.05) is 18.3 Å². The highest BCUT2D eigenvalue weighted by Crippen LogP contribution is 2.33. The number of carboxylic acid groups (broad SMARTS) is 1. The molecule has 5 rings (SSSR count). The molecule has 1 amide bonds. The van der Waals surface area contributed by atoms with E-state index in [1.165, 1.54) is 17.7 Å². The number of benzene rings is 1. The van der Waals surface area contributed by atoms with Crippen LogP contribution in [0.2, 0.25) is 0 Å². The molecule has 0 radical (unpaired) electrons.